The monoisotopic (exact) mass is 461 g/mol. The van der Waals surface area contributed by atoms with E-state index in [-0.39, 0.29) is 31.6 Å². The van der Waals surface area contributed by atoms with E-state index < -0.39 is 5.97 Å². The Hall–Kier alpha value is -2.87. The van der Waals surface area contributed by atoms with Gasteiger partial charge in [0.15, 0.2) is 6.61 Å². The van der Waals surface area contributed by atoms with Crippen molar-refractivity contribution in [3.05, 3.63) is 58.1 Å². The topological polar surface area (TPSA) is 82.1 Å². The predicted octanol–water partition coefficient (Wildman–Crippen LogP) is 3.46. The summed E-state index contributed by atoms with van der Waals surface area (Å²) in [4.78, 5) is 37.7. The molecular formula is C21H20BrNO6. The molecule has 152 valence electrons. The van der Waals surface area contributed by atoms with Crippen LogP contribution in [0.15, 0.2) is 46.9 Å². The Morgan fingerprint density at radius 2 is 1.62 bits per heavy atom. The van der Waals surface area contributed by atoms with Crippen LogP contribution in [0.2, 0.25) is 0 Å². The number of esters is 1. The third kappa shape index (κ3) is 5.14. The number of amides is 2. The van der Waals surface area contributed by atoms with E-state index >= 15 is 0 Å². The molecule has 0 atom stereocenters. The van der Waals surface area contributed by atoms with Gasteiger partial charge in [-0.1, -0.05) is 15.9 Å². The van der Waals surface area contributed by atoms with E-state index in [0.29, 0.717) is 29.9 Å². The second-order valence-corrected chi connectivity index (χ2v) is 7.13. The molecule has 1 aliphatic rings. The third-order valence-corrected chi connectivity index (χ3v) is 4.71. The molecule has 0 fully saturated rings. The minimum Gasteiger partial charge on any atom is -0.494 e. The fourth-order valence-electron chi connectivity index (χ4n) is 2.86. The molecule has 29 heavy (non-hydrogen) atoms. The first-order valence-corrected chi connectivity index (χ1v) is 9.96. The Morgan fingerprint density at radius 3 is 2.31 bits per heavy atom. The van der Waals surface area contributed by atoms with E-state index in [1.165, 1.54) is 4.90 Å². The van der Waals surface area contributed by atoms with Crippen LogP contribution in [-0.4, -0.2) is 49.0 Å². The Morgan fingerprint density at radius 1 is 0.966 bits per heavy atom. The largest absolute Gasteiger partial charge is 0.494 e. The van der Waals surface area contributed by atoms with Crippen LogP contribution in [0.25, 0.3) is 0 Å². The van der Waals surface area contributed by atoms with Crippen LogP contribution >= 0.6 is 15.9 Å². The molecule has 2 aromatic carbocycles. The summed E-state index contributed by atoms with van der Waals surface area (Å²) < 4.78 is 16.5. The summed E-state index contributed by atoms with van der Waals surface area (Å²) in [6.45, 7) is 2.51. The van der Waals surface area contributed by atoms with Crippen molar-refractivity contribution in [2.45, 2.75) is 13.3 Å². The number of halogens is 1. The van der Waals surface area contributed by atoms with Gasteiger partial charge in [0.2, 0.25) is 0 Å². The Kier molecular flexibility index (Phi) is 6.87. The molecule has 2 aromatic rings. The zero-order valence-corrected chi connectivity index (χ0v) is 17.4. The standard InChI is InChI=1S/C21H20BrNO6/c1-2-27-15-5-7-16(8-6-15)29-13-19(24)28-11-3-10-23-20(25)17-9-4-14(22)12-18(17)21(23)26/h4-9,12H,2-3,10-11,13H2,1H3. The molecule has 0 aliphatic carbocycles. The smallest absolute Gasteiger partial charge is 0.344 e. The number of rotatable bonds is 9. The lowest BCUT2D eigenvalue weighted by molar-refractivity contribution is -0.146. The normalized spacial score (nSPS) is 12.7. The van der Waals surface area contributed by atoms with Gasteiger partial charge in [-0.3, -0.25) is 14.5 Å². The predicted molar refractivity (Wildman–Crippen MR) is 108 cm³/mol. The second-order valence-electron chi connectivity index (χ2n) is 6.22. The minimum atomic E-state index is -0.523. The van der Waals surface area contributed by atoms with E-state index in [0.717, 1.165) is 10.2 Å². The second kappa shape index (κ2) is 9.56. The zero-order chi connectivity index (χ0) is 20.8. The van der Waals surface area contributed by atoms with Gasteiger partial charge in [0.25, 0.3) is 11.8 Å². The van der Waals surface area contributed by atoms with Crippen LogP contribution in [0.5, 0.6) is 11.5 Å². The van der Waals surface area contributed by atoms with Crippen molar-refractivity contribution in [3.63, 3.8) is 0 Å². The fraction of sp³-hybridized carbons (Fsp3) is 0.286. The van der Waals surface area contributed by atoms with Gasteiger partial charge in [0.05, 0.1) is 24.3 Å². The van der Waals surface area contributed by atoms with Gasteiger partial charge in [-0.05, 0) is 55.8 Å². The van der Waals surface area contributed by atoms with Crippen LogP contribution in [0.3, 0.4) is 0 Å². The van der Waals surface area contributed by atoms with Crippen LogP contribution in [0, 0.1) is 0 Å². The highest BCUT2D eigenvalue weighted by Gasteiger charge is 2.35. The molecule has 1 heterocycles. The van der Waals surface area contributed by atoms with Crippen molar-refractivity contribution in [3.8, 4) is 11.5 Å². The maximum Gasteiger partial charge on any atom is 0.344 e. The number of ether oxygens (including phenoxy) is 3. The van der Waals surface area contributed by atoms with E-state index in [1.54, 1.807) is 42.5 Å². The summed E-state index contributed by atoms with van der Waals surface area (Å²) in [7, 11) is 0. The van der Waals surface area contributed by atoms with Crippen molar-refractivity contribution in [2.24, 2.45) is 0 Å². The molecule has 2 amide bonds. The molecule has 3 rings (SSSR count). The van der Waals surface area contributed by atoms with E-state index in [1.807, 2.05) is 6.92 Å². The molecule has 0 radical (unpaired) electrons. The zero-order valence-electron chi connectivity index (χ0n) is 15.9. The summed E-state index contributed by atoms with van der Waals surface area (Å²) in [6, 6.07) is 11.9. The average molecular weight is 462 g/mol. The van der Waals surface area contributed by atoms with Crippen molar-refractivity contribution >= 4 is 33.7 Å². The van der Waals surface area contributed by atoms with E-state index in [9.17, 15) is 14.4 Å². The average Bonchev–Trinajstić information content (AvgIpc) is 2.95. The first kappa shape index (κ1) is 20.9. The molecule has 0 saturated heterocycles. The number of carbonyl (C=O) groups excluding carboxylic acids is 3. The third-order valence-electron chi connectivity index (χ3n) is 4.21. The highest BCUT2D eigenvalue weighted by molar-refractivity contribution is 9.10. The van der Waals surface area contributed by atoms with Crippen molar-refractivity contribution in [2.75, 3.05) is 26.4 Å². The SMILES string of the molecule is CCOc1ccc(OCC(=O)OCCCN2C(=O)c3ccc(Br)cc3C2=O)cc1. The number of imide groups is 1. The summed E-state index contributed by atoms with van der Waals surface area (Å²) in [5.74, 6) is 0.0647. The molecule has 0 N–H and O–H groups in total. The lowest BCUT2D eigenvalue weighted by atomic mass is 10.1. The number of fused-ring (bicyclic) bond motifs is 1. The molecule has 0 bridgehead atoms. The summed E-state index contributed by atoms with van der Waals surface area (Å²) >= 11 is 3.30. The molecule has 8 heteroatoms. The number of nitrogens with zero attached hydrogens (tertiary/aromatic N) is 1. The lowest BCUT2D eigenvalue weighted by Gasteiger charge is -2.13. The fourth-order valence-corrected chi connectivity index (χ4v) is 3.22. The highest BCUT2D eigenvalue weighted by Crippen LogP contribution is 2.26. The number of carbonyl (C=O) groups is 3. The molecule has 0 aromatic heterocycles. The molecule has 0 saturated carbocycles. The van der Waals surface area contributed by atoms with Crippen molar-refractivity contribution in [1.82, 2.24) is 4.90 Å². The molecule has 7 nitrogen and oxygen atoms in total. The Balaban J connectivity index is 1.39. The van der Waals surface area contributed by atoms with Gasteiger partial charge in [-0.15, -0.1) is 0 Å². The maximum absolute atomic E-state index is 12.4. The minimum absolute atomic E-state index is 0.0859. The number of hydrogen-bond acceptors (Lipinski definition) is 6. The van der Waals surface area contributed by atoms with Crippen LogP contribution in [0.4, 0.5) is 0 Å². The van der Waals surface area contributed by atoms with E-state index in [2.05, 4.69) is 15.9 Å². The quantitative estimate of drug-likeness (QED) is 0.323. The summed E-state index contributed by atoms with van der Waals surface area (Å²) in [6.07, 6.45) is 0.349. The molecule has 0 unspecified atom stereocenters. The lowest BCUT2D eigenvalue weighted by Crippen LogP contribution is -2.31. The Labute approximate surface area is 176 Å². The van der Waals surface area contributed by atoms with Gasteiger partial charge < -0.3 is 14.2 Å². The molecule has 0 spiro atoms. The van der Waals surface area contributed by atoms with Crippen molar-refractivity contribution < 1.29 is 28.6 Å². The van der Waals surface area contributed by atoms with E-state index in [4.69, 9.17) is 14.2 Å². The van der Waals surface area contributed by atoms with Gasteiger partial charge in [-0.25, -0.2) is 4.79 Å². The van der Waals surface area contributed by atoms with Gasteiger partial charge in [0.1, 0.15) is 11.5 Å². The summed E-state index contributed by atoms with van der Waals surface area (Å²) in [5, 5.41) is 0. The molecule has 1 aliphatic heterocycles. The van der Waals surface area contributed by atoms with Crippen LogP contribution < -0.4 is 9.47 Å². The van der Waals surface area contributed by atoms with Gasteiger partial charge in [0, 0.05) is 11.0 Å². The van der Waals surface area contributed by atoms with Gasteiger partial charge >= 0.3 is 5.97 Å². The first-order valence-electron chi connectivity index (χ1n) is 9.16. The van der Waals surface area contributed by atoms with Crippen LogP contribution in [0.1, 0.15) is 34.1 Å². The van der Waals surface area contributed by atoms with Gasteiger partial charge in [-0.2, -0.15) is 0 Å². The number of benzene rings is 2. The van der Waals surface area contributed by atoms with Crippen LogP contribution in [-0.2, 0) is 9.53 Å². The first-order chi connectivity index (χ1) is 14.0. The number of hydrogen-bond donors (Lipinski definition) is 0. The van der Waals surface area contributed by atoms with Crippen molar-refractivity contribution in [1.29, 1.82) is 0 Å². The molecular weight excluding hydrogens is 442 g/mol. The Bertz CT molecular complexity index is 912. The highest BCUT2D eigenvalue weighted by atomic mass is 79.9. The maximum atomic E-state index is 12.4. The summed E-state index contributed by atoms with van der Waals surface area (Å²) in [5.41, 5.74) is 0.768.